The Morgan fingerprint density at radius 1 is 0.733 bits per heavy atom. The van der Waals surface area contributed by atoms with Gasteiger partial charge in [0.25, 0.3) is 0 Å². The molecule has 0 saturated carbocycles. The molecule has 0 amide bonds. The van der Waals surface area contributed by atoms with E-state index in [1.165, 1.54) is 83.5 Å². The largest absolute Gasteiger partial charge is 0.388 e. The summed E-state index contributed by atoms with van der Waals surface area (Å²) in [6, 6.07) is 0. The highest BCUT2D eigenvalue weighted by Gasteiger charge is 2.37. The summed E-state index contributed by atoms with van der Waals surface area (Å²) in [6.45, 7) is 3.22. The summed E-state index contributed by atoms with van der Waals surface area (Å²) >= 11 is 0. The maximum absolute atomic E-state index is 9.84. The Kier molecular flexibility index (Phi) is 17.7. The lowest BCUT2D eigenvalue weighted by Crippen LogP contribution is -2.54. The van der Waals surface area contributed by atoms with Crippen molar-refractivity contribution in [2.24, 2.45) is 0 Å². The van der Waals surface area contributed by atoms with Crippen molar-refractivity contribution >= 4 is 0 Å². The third-order valence-corrected chi connectivity index (χ3v) is 5.94. The molecule has 5 nitrogen and oxygen atoms in total. The van der Waals surface area contributed by atoms with E-state index < -0.39 is 24.4 Å². The van der Waals surface area contributed by atoms with Crippen LogP contribution in [-0.2, 0) is 9.47 Å². The molecule has 1 aliphatic heterocycles. The molecule has 0 aromatic rings. The molecule has 0 aliphatic carbocycles. The molecule has 0 spiro atoms. The molecule has 1 saturated heterocycles. The Balaban J connectivity index is 1.78. The summed E-state index contributed by atoms with van der Waals surface area (Å²) in [7, 11) is 0. The summed E-state index contributed by atoms with van der Waals surface area (Å²) in [4.78, 5) is 0. The second kappa shape index (κ2) is 19.2. The summed E-state index contributed by atoms with van der Waals surface area (Å²) in [5.41, 5.74) is 0. The van der Waals surface area contributed by atoms with Crippen LogP contribution in [0.4, 0.5) is 0 Å². The first-order valence-corrected chi connectivity index (χ1v) is 12.5. The van der Waals surface area contributed by atoms with Crippen molar-refractivity contribution < 1.29 is 24.8 Å². The van der Waals surface area contributed by atoms with Gasteiger partial charge in [-0.3, -0.25) is 0 Å². The van der Waals surface area contributed by atoms with Crippen molar-refractivity contribution in [3.63, 3.8) is 0 Å². The van der Waals surface area contributed by atoms with Gasteiger partial charge in [-0.15, -0.1) is 0 Å². The minimum absolute atomic E-state index is 0.0422. The Hall–Kier alpha value is -0.460. The van der Waals surface area contributed by atoms with Crippen LogP contribution in [-0.4, -0.2) is 59.6 Å². The van der Waals surface area contributed by atoms with E-state index in [9.17, 15) is 15.3 Å². The van der Waals surface area contributed by atoms with Crippen molar-refractivity contribution in [2.45, 2.75) is 128 Å². The van der Waals surface area contributed by atoms with Crippen LogP contribution in [0.25, 0.3) is 0 Å². The highest BCUT2D eigenvalue weighted by molar-refractivity contribution is 4.86. The normalized spacial score (nSPS) is 24.7. The molecule has 4 atom stereocenters. The van der Waals surface area contributed by atoms with Gasteiger partial charge in [-0.1, -0.05) is 83.3 Å². The average Bonchev–Trinajstić information content (AvgIpc) is 2.75. The summed E-state index contributed by atoms with van der Waals surface area (Å²) < 4.78 is 10.9. The quantitative estimate of drug-likeness (QED) is 0.201. The van der Waals surface area contributed by atoms with Crippen LogP contribution in [0.2, 0.25) is 0 Å². The second-order valence-corrected chi connectivity index (χ2v) is 8.79. The van der Waals surface area contributed by atoms with E-state index in [4.69, 9.17) is 9.47 Å². The topological polar surface area (TPSA) is 79.2 Å². The van der Waals surface area contributed by atoms with Crippen LogP contribution >= 0.6 is 0 Å². The third-order valence-electron chi connectivity index (χ3n) is 5.94. The minimum atomic E-state index is -1.15. The fraction of sp³-hybridized carbons (Fsp3) is 0.920. The molecule has 1 aliphatic rings. The summed E-state index contributed by atoms with van der Waals surface area (Å²) in [5, 5.41) is 28.9. The van der Waals surface area contributed by atoms with E-state index in [2.05, 4.69) is 19.1 Å². The molecular formula is C25H48O5. The van der Waals surface area contributed by atoms with Crippen molar-refractivity contribution in [2.75, 3.05) is 19.8 Å². The van der Waals surface area contributed by atoms with E-state index in [-0.39, 0.29) is 13.2 Å². The summed E-state index contributed by atoms with van der Waals surface area (Å²) in [5.74, 6) is 0. The van der Waals surface area contributed by atoms with Crippen LogP contribution in [0.5, 0.6) is 0 Å². The molecule has 3 N–H and O–H groups in total. The molecule has 0 aromatic carbocycles. The number of hydrogen-bond acceptors (Lipinski definition) is 5. The first-order valence-electron chi connectivity index (χ1n) is 12.5. The smallest absolute Gasteiger partial charge is 0.111 e. The zero-order valence-corrected chi connectivity index (χ0v) is 19.4. The maximum Gasteiger partial charge on any atom is 0.111 e. The van der Waals surface area contributed by atoms with Gasteiger partial charge in [0.2, 0.25) is 0 Å². The number of aliphatic hydroxyl groups excluding tert-OH is 3. The standard InChI is InChI=1S/C25H48O5/c1-2-3-4-5-6-7-8-9-10-11-12-13-14-15-16-17-18-19-29-21-23-25(28)24(27)22(26)20-30-23/h10-11,22-28H,2-9,12-21H2,1H3/b11-10+/t22-,23+,24+,25+/m0/s1. The van der Waals surface area contributed by atoms with Crippen molar-refractivity contribution in [3.8, 4) is 0 Å². The van der Waals surface area contributed by atoms with E-state index >= 15 is 0 Å². The molecule has 0 radical (unpaired) electrons. The third kappa shape index (κ3) is 13.8. The predicted octanol–water partition coefficient (Wildman–Crippen LogP) is 4.91. The molecular weight excluding hydrogens is 380 g/mol. The van der Waals surface area contributed by atoms with Gasteiger partial charge in [0.05, 0.1) is 13.2 Å². The fourth-order valence-corrected chi connectivity index (χ4v) is 3.84. The molecule has 0 unspecified atom stereocenters. The molecule has 1 rings (SSSR count). The number of unbranched alkanes of at least 4 members (excludes halogenated alkanes) is 13. The highest BCUT2D eigenvalue weighted by atomic mass is 16.6. The lowest BCUT2D eigenvalue weighted by Gasteiger charge is -2.35. The van der Waals surface area contributed by atoms with Crippen LogP contribution in [0.1, 0.15) is 103 Å². The van der Waals surface area contributed by atoms with Crippen LogP contribution in [0.3, 0.4) is 0 Å². The molecule has 178 valence electrons. The molecule has 0 bridgehead atoms. The van der Waals surface area contributed by atoms with Gasteiger partial charge < -0.3 is 24.8 Å². The van der Waals surface area contributed by atoms with Gasteiger partial charge in [0.15, 0.2) is 0 Å². The van der Waals surface area contributed by atoms with Crippen molar-refractivity contribution in [1.29, 1.82) is 0 Å². The summed E-state index contributed by atoms with van der Waals surface area (Å²) in [6.07, 6.45) is 20.3. The van der Waals surface area contributed by atoms with Crippen molar-refractivity contribution in [3.05, 3.63) is 12.2 Å². The number of ether oxygens (including phenoxy) is 2. The Bertz CT molecular complexity index is 401. The Morgan fingerprint density at radius 3 is 1.87 bits per heavy atom. The van der Waals surface area contributed by atoms with E-state index in [1.54, 1.807) is 0 Å². The first-order chi connectivity index (χ1) is 14.7. The van der Waals surface area contributed by atoms with Gasteiger partial charge in [-0.05, 0) is 32.1 Å². The Morgan fingerprint density at radius 2 is 1.27 bits per heavy atom. The number of rotatable bonds is 19. The minimum Gasteiger partial charge on any atom is -0.388 e. The SMILES string of the molecule is CCCCCCCCC/C=C/CCCCCCCCOC[C@H]1OC[C@H](O)[C@@H](O)[C@@H]1O. The van der Waals surface area contributed by atoms with Gasteiger partial charge >= 0.3 is 0 Å². The zero-order valence-electron chi connectivity index (χ0n) is 19.4. The number of allylic oxidation sites excluding steroid dienone is 2. The van der Waals surface area contributed by atoms with Gasteiger partial charge in [0, 0.05) is 6.61 Å². The predicted molar refractivity (Wildman–Crippen MR) is 123 cm³/mol. The van der Waals surface area contributed by atoms with Crippen LogP contribution in [0.15, 0.2) is 12.2 Å². The lowest BCUT2D eigenvalue weighted by molar-refractivity contribution is -0.199. The highest BCUT2D eigenvalue weighted by Crippen LogP contribution is 2.16. The molecule has 1 heterocycles. The van der Waals surface area contributed by atoms with Crippen LogP contribution in [0, 0.1) is 0 Å². The monoisotopic (exact) mass is 428 g/mol. The molecule has 1 fully saturated rings. The molecule has 30 heavy (non-hydrogen) atoms. The van der Waals surface area contributed by atoms with Crippen LogP contribution < -0.4 is 0 Å². The first kappa shape index (κ1) is 27.6. The van der Waals surface area contributed by atoms with E-state index in [1.807, 2.05) is 0 Å². The average molecular weight is 429 g/mol. The maximum atomic E-state index is 9.84. The number of hydrogen-bond donors (Lipinski definition) is 3. The molecule has 5 heteroatoms. The van der Waals surface area contributed by atoms with E-state index in [0.717, 1.165) is 12.8 Å². The number of aliphatic hydroxyl groups is 3. The Labute approximate surface area is 184 Å². The molecule has 0 aromatic heterocycles. The second-order valence-electron chi connectivity index (χ2n) is 8.79. The van der Waals surface area contributed by atoms with E-state index in [0.29, 0.717) is 6.61 Å². The zero-order chi connectivity index (χ0) is 21.9. The fourth-order valence-electron chi connectivity index (χ4n) is 3.84. The van der Waals surface area contributed by atoms with Gasteiger partial charge in [-0.25, -0.2) is 0 Å². The van der Waals surface area contributed by atoms with Gasteiger partial charge in [-0.2, -0.15) is 0 Å². The lowest BCUT2D eigenvalue weighted by atomic mass is 10.0. The van der Waals surface area contributed by atoms with Crippen molar-refractivity contribution in [1.82, 2.24) is 0 Å². The van der Waals surface area contributed by atoms with Gasteiger partial charge in [0.1, 0.15) is 24.4 Å².